The number of thiophene rings is 1. The number of imidazole rings is 1. The maximum atomic E-state index is 12.3. The maximum Gasteiger partial charge on any atom is 0.407 e. The zero-order chi connectivity index (χ0) is 27.4. The van der Waals surface area contributed by atoms with Gasteiger partial charge in [-0.2, -0.15) is 0 Å². The number of carbonyl (C=O) groups is 1. The molecule has 5 rings (SSSR count). The van der Waals surface area contributed by atoms with E-state index in [0.29, 0.717) is 12.5 Å². The van der Waals surface area contributed by atoms with E-state index in [0.717, 1.165) is 53.6 Å². The molecule has 1 amide bonds. The van der Waals surface area contributed by atoms with Gasteiger partial charge in [0, 0.05) is 55.8 Å². The van der Waals surface area contributed by atoms with E-state index in [2.05, 4.69) is 30.2 Å². The van der Waals surface area contributed by atoms with Crippen LogP contribution in [0.25, 0.3) is 16.5 Å². The molecule has 1 saturated heterocycles. The van der Waals surface area contributed by atoms with E-state index in [-0.39, 0.29) is 18.0 Å². The number of hydrogen-bond donors (Lipinski definition) is 2. The Kier molecular flexibility index (Phi) is 7.84. The fourth-order valence-electron chi connectivity index (χ4n) is 4.49. The zero-order valence-electron chi connectivity index (χ0n) is 22.3. The number of ether oxygens (including phenoxy) is 1. The summed E-state index contributed by atoms with van der Waals surface area (Å²) < 4.78 is 7.03. The summed E-state index contributed by atoms with van der Waals surface area (Å²) in [7, 11) is 0. The van der Waals surface area contributed by atoms with Crippen molar-refractivity contribution >= 4 is 17.4 Å². The molecule has 0 radical (unpaired) electrons. The number of hydrogen-bond acceptors (Lipinski definition) is 9. The van der Waals surface area contributed by atoms with Gasteiger partial charge in [0.15, 0.2) is 0 Å². The Morgan fingerprint density at radius 2 is 2.08 bits per heavy atom. The van der Waals surface area contributed by atoms with Crippen molar-refractivity contribution in [3.63, 3.8) is 0 Å². The molecule has 0 saturated carbocycles. The van der Waals surface area contributed by atoms with Gasteiger partial charge in [0.25, 0.3) is 5.56 Å². The molecule has 12 heteroatoms. The van der Waals surface area contributed by atoms with Crippen molar-refractivity contribution in [2.24, 2.45) is 0 Å². The summed E-state index contributed by atoms with van der Waals surface area (Å²) >= 11 is 1.58. The molecule has 2 N–H and O–H groups in total. The number of nitrogens with one attached hydrogen (secondary N) is 2. The maximum absolute atomic E-state index is 12.3. The Morgan fingerprint density at radius 1 is 1.26 bits per heavy atom. The van der Waals surface area contributed by atoms with Crippen molar-refractivity contribution < 1.29 is 9.53 Å². The first kappa shape index (κ1) is 26.7. The van der Waals surface area contributed by atoms with Crippen molar-refractivity contribution in [2.45, 2.75) is 58.2 Å². The first-order valence-electron chi connectivity index (χ1n) is 12.9. The largest absolute Gasteiger partial charge is 0.444 e. The second kappa shape index (κ2) is 11.5. The van der Waals surface area contributed by atoms with Gasteiger partial charge in [0.05, 0.1) is 16.3 Å². The van der Waals surface area contributed by atoms with Crippen LogP contribution < -0.4 is 10.9 Å². The van der Waals surface area contributed by atoms with Gasteiger partial charge in [0.1, 0.15) is 17.8 Å². The minimum Gasteiger partial charge on any atom is -0.444 e. The third kappa shape index (κ3) is 7.15. The first-order valence-corrected chi connectivity index (χ1v) is 13.8. The molecular weight excluding hydrogens is 516 g/mol. The number of amides is 1. The SMILES string of the molecule is CC(C)(C)OC(=O)NCc1cnc(-n2cnc(CN3CCCC(c4nc(-c5cccs5)cc(=O)[nH]4)C3)c2)nc1. The summed E-state index contributed by atoms with van der Waals surface area (Å²) in [4.78, 5) is 48.7. The number of aromatic nitrogens is 6. The fourth-order valence-corrected chi connectivity index (χ4v) is 5.17. The predicted molar refractivity (Wildman–Crippen MR) is 148 cm³/mol. The Bertz CT molecular complexity index is 1460. The molecule has 11 nitrogen and oxygen atoms in total. The zero-order valence-corrected chi connectivity index (χ0v) is 23.1. The van der Waals surface area contributed by atoms with E-state index < -0.39 is 11.7 Å². The van der Waals surface area contributed by atoms with Gasteiger partial charge in [-0.3, -0.25) is 14.3 Å². The fraction of sp³-hybridized carbons (Fsp3) is 0.407. The van der Waals surface area contributed by atoms with Gasteiger partial charge in [-0.1, -0.05) is 6.07 Å². The molecule has 4 aromatic rings. The minimum absolute atomic E-state index is 0.120. The quantitative estimate of drug-likeness (QED) is 0.356. The topological polar surface area (TPSA) is 131 Å². The van der Waals surface area contributed by atoms with Crippen LogP contribution in [0.4, 0.5) is 4.79 Å². The molecular formula is C27H32N8O3S. The average Bonchev–Trinajstić information content (AvgIpc) is 3.60. The third-order valence-corrected chi connectivity index (χ3v) is 7.10. The summed E-state index contributed by atoms with van der Waals surface area (Å²) in [6.45, 7) is 8.15. The Labute approximate surface area is 230 Å². The number of H-pyrrole nitrogens is 1. The molecule has 4 aromatic heterocycles. The van der Waals surface area contributed by atoms with Crippen molar-refractivity contribution in [1.29, 1.82) is 0 Å². The molecule has 1 fully saturated rings. The van der Waals surface area contributed by atoms with Gasteiger partial charge in [0.2, 0.25) is 5.95 Å². The molecule has 0 aromatic carbocycles. The second-order valence-corrected chi connectivity index (χ2v) is 11.5. The van der Waals surface area contributed by atoms with Crippen LogP contribution in [-0.4, -0.2) is 59.2 Å². The molecule has 204 valence electrons. The van der Waals surface area contributed by atoms with Crippen molar-refractivity contribution in [1.82, 2.24) is 39.7 Å². The number of likely N-dealkylation sites (tertiary alicyclic amines) is 1. The number of nitrogens with zero attached hydrogens (tertiary/aromatic N) is 6. The van der Waals surface area contributed by atoms with Crippen molar-refractivity contribution in [3.05, 3.63) is 75.9 Å². The highest BCUT2D eigenvalue weighted by atomic mass is 32.1. The van der Waals surface area contributed by atoms with Crippen molar-refractivity contribution in [2.75, 3.05) is 13.1 Å². The van der Waals surface area contributed by atoms with Gasteiger partial charge < -0.3 is 15.0 Å². The lowest BCUT2D eigenvalue weighted by Crippen LogP contribution is -2.35. The number of rotatable bonds is 7. The smallest absolute Gasteiger partial charge is 0.407 e. The third-order valence-electron chi connectivity index (χ3n) is 6.21. The Hall–Kier alpha value is -3.90. The van der Waals surface area contributed by atoms with E-state index >= 15 is 0 Å². The van der Waals surface area contributed by atoms with Crippen LogP contribution in [0.1, 0.15) is 56.6 Å². The summed E-state index contributed by atoms with van der Waals surface area (Å²) in [5, 5.41) is 4.69. The summed E-state index contributed by atoms with van der Waals surface area (Å²) in [5.74, 6) is 1.40. The van der Waals surface area contributed by atoms with Gasteiger partial charge in [-0.05, 0) is 51.6 Å². The van der Waals surface area contributed by atoms with Gasteiger partial charge >= 0.3 is 6.09 Å². The van der Waals surface area contributed by atoms with Crippen LogP contribution in [-0.2, 0) is 17.8 Å². The summed E-state index contributed by atoms with van der Waals surface area (Å²) in [5.41, 5.74) is 1.73. The number of carbonyl (C=O) groups excluding carboxylic acids is 1. The van der Waals surface area contributed by atoms with Crippen LogP contribution in [0.5, 0.6) is 0 Å². The number of alkyl carbamates (subject to hydrolysis) is 1. The lowest BCUT2D eigenvalue weighted by atomic mass is 9.97. The molecule has 1 aliphatic heterocycles. The Morgan fingerprint density at radius 3 is 2.82 bits per heavy atom. The Balaban J connectivity index is 1.19. The molecule has 0 bridgehead atoms. The second-order valence-electron chi connectivity index (χ2n) is 10.6. The van der Waals surface area contributed by atoms with Gasteiger partial charge in [-0.15, -0.1) is 11.3 Å². The van der Waals surface area contributed by atoms with Crippen LogP contribution in [0.2, 0.25) is 0 Å². The highest BCUT2D eigenvalue weighted by Gasteiger charge is 2.24. The molecule has 0 spiro atoms. The number of aromatic amines is 1. The van der Waals surface area contributed by atoms with E-state index in [1.54, 1.807) is 40.7 Å². The first-order chi connectivity index (χ1) is 18.7. The molecule has 1 atom stereocenters. The van der Waals surface area contributed by atoms with Crippen LogP contribution >= 0.6 is 11.3 Å². The number of piperidine rings is 1. The highest BCUT2D eigenvalue weighted by Crippen LogP contribution is 2.27. The highest BCUT2D eigenvalue weighted by molar-refractivity contribution is 7.13. The molecule has 39 heavy (non-hydrogen) atoms. The molecule has 1 aliphatic rings. The van der Waals surface area contributed by atoms with Gasteiger partial charge in [-0.25, -0.2) is 24.7 Å². The van der Waals surface area contributed by atoms with Crippen LogP contribution in [0.3, 0.4) is 0 Å². The van der Waals surface area contributed by atoms with E-state index in [1.165, 1.54) is 0 Å². The van der Waals surface area contributed by atoms with E-state index in [1.807, 2.05) is 44.5 Å². The monoisotopic (exact) mass is 548 g/mol. The van der Waals surface area contributed by atoms with E-state index in [4.69, 9.17) is 9.72 Å². The molecule has 5 heterocycles. The average molecular weight is 549 g/mol. The lowest BCUT2D eigenvalue weighted by Gasteiger charge is -2.31. The minimum atomic E-state index is -0.552. The van der Waals surface area contributed by atoms with Crippen LogP contribution in [0, 0.1) is 0 Å². The predicted octanol–water partition coefficient (Wildman–Crippen LogP) is 3.88. The summed E-state index contributed by atoms with van der Waals surface area (Å²) in [6, 6.07) is 5.51. The molecule has 0 aliphatic carbocycles. The summed E-state index contributed by atoms with van der Waals surface area (Å²) in [6.07, 6.45) is 8.48. The normalized spacial score (nSPS) is 16.2. The van der Waals surface area contributed by atoms with Crippen LogP contribution in [0.15, 0.2) is 53.3 Å². The lowest BCUT2D eigenvalue weighted by molar-refractivity contribution is 0.0523. The van der Waals surface area contributed by atoms with E-state index in [9.17, 15) is 9.59 Å². The molecule has 1 unspecified atom stereocenters. The van der Waals surface area contributed by atoms with Crippen molar-refractivity contribution in [3.8, 4) is 16.5 Å². The standard InChI is InChI=1S/C27H32N8O3S/c1-27(2,3)38-26(37)30-13-18-11-28-25(29-12-18)35-16-20(31-17-35)15-34-8-4-6-19(14-34)24-32-21(10-23(36)33-24)22-7-5-9-39-22/h5,7,9-12,16-17,19H,4,6,8,13-15H2,1-3H3,(H,30,37)(H,32,33,36).